The zero-order valence-corrected chi connectivity index (χ0v) is 25.9. The third-order valence-electron chi connectivity index (χ3n) is 7.31. The van der Waals surface area contributed by atoms with Crippen LogP contribution < -0.4 is 19.9 Å². The van der Waals surface area contributed by atoms with Crippen molar-refractivity contribution < 1.29 is 46.5 Å². The molecule has 4 rings (SSSR count). The minimum absolute atomic E-state index is 0.0596. The number of aromatic nitrogens is 2. The average Bonchev–Trinajstić information content (AvgIpc) is 2.96. The van der Waals surface area contributed by atoms with E-state index in [1.165, 1.54) is 19.4 Å². The van der Waals surface area contributed by atoms with Crippen molar-refractivity contribution in [1.29, 1.82) is 0 Å². The molecule has 3 heterocycles. The Bertz CT molecular complexity index is 1240. The lowest BCUT2D eigenvalue weighted by molar-refractivity contribution is -0.206. The van der Waals surface area contributed by atoms with Crippen LogP contribution in [0.5, 0.6) is 17.2 Å². The molecule has 3 N–H and O–H groups in total. The molecule has 44 heavy (non-hydrogen) atoms. The van der Waals surface area contributed by atoms with Crippen LogP contribution in [-0.2, 0) is 4.79 Å². The number of aliphatic carboxylic acids is 1. The summed E-state index contributed by atoms with van der Waals surface area (Å²) in [5, 5.41) is 7.88. The fraction of sp³-hybridized carbons (Fsp3) is 0.600. The normalized spacial score (nSPS) is 18.5. The highest BCUT2D eigenvalue weighted by Gasteiger charge is 2.48. The van der Waals surface area contributed by atoms with Crippen LogP contribution in [0.4, 0.5) is 23.4 Å². The second kappa shape index (κ2) is 15.8. The standard InChI is InChI=1S/C24H29F3N4O4.C4H7FO2.C2H6/c1-33-19-10-22(28)30-11-17(19)15-3-5-31(6-4-15)23(32)18-9-20(34-2)21(12-29-18)35-13-14-7-16(8-14)24(25,26)27;1-4(2,5)3(6)7;1-2/h9-12,14-16H,3-8,13H2,1-2H3,(H2,28,30);1-2H3,(H,6,7);1-2H3. The largest absolute Gasteiger partial charge is 0.496 e. The van der Waals surface area contributed by atoms with Crippen molar-refractivity contribution in [2.75, 3.05) is 39.6 Å². The number of carbonyl (C=O) groups is 2. The van der Waals surface area contributed by atoms with Gasteiger partial charge in [0.25, 0.3) is 5.91 Å². The molecule has 0 unspecified atom stereocenters. The Balaban J connectivity index is 0.000000661. The number of carboxylic acids is 1. The van der Waals surface area contributed by atoms with Crippen LogP contribution in [0, 0.1) is 11.8 Å². The van der Waals surface area contributed by atoms with Crippen molar-refractivity contribution in [3.8, 4) is 17.2 Å². The van der Waals surface area contributed by atoms with Gasteiger partial charge in [-0.3, -0.25) is 4.79 Å². The molecule has 2 fully saturated rings. The molecule has 1 saturated carbocycles. The lowest BCUT2D eigenvalue weighted by Gasteiger charge is -2.36. The van der Waals surface area contributed by atoms with Crippen LogP contribution in [0.1, 0.15) is 75.3 Å². The van der Waals surface area contributed by atoms with Gasteiger partial charge in [0.15, 0.2) is 11.5 Å². The van der Waals surface area contributed by atoms with Crippen molar-refractivity contribution in [1.82, 2.24) is 14.9 Å². The molecule has 14 heteroatoms. The quantitative estimate of drug-likeness (QED) is 0.341. The SMILES string of the molecule is CC.CC(C)(F)C(=O)O.COc1cc(C(=O)N2CCC(c3cnc(N)cc3OC)CC2)ncc1OCC1CC(C(F)(F)F)C1. The number of piperidine rings is 1. The van der Waals surface area contributed by atoms with Gasteiger partial charge >= 0.3 is 12.1 Å². The molecule has 1 aliphatic heterocycles. The van der Waals surface area contributed by atoms with E-state index in [0.29, 0.717) is 36.2 Å². The molecule has 0 aromatic carbocycles. The number of amides is 1. The van der Waals surface area contributed by atoms with Crippen LogP contribution in [0.25, 0.3) is 0 Å². The lowest BCUT2D eigenvalue weighted by atomic mass is 9.75. The fourth-order valence-corrected chi connectivity index (χ4v) is 4.66. The predicted octanol–water partition coefficient (Wildman–Crippen LogP) is 5.91. The second-order valence-electron chi connectivity index (χ2n) is 10.8. The number of anilines is 1. The summed E-state index contributed by atoms with van der Waals surface area (Å²) < 4.78 is 66.4. The van der Waals surface area contributed by atoms with Gasteiger partial charge < -0.3 is 30.0 Å². The number of rotatable bonds is 8. The number of ether oxygens (including phenoxy) is 3. The first-order valence-corrected chi connectivity index (χ1v) is 14.4. The first-order valence-electron chi connectivity index (χ1n) is 14.4. The van der Waals surface area contributed by atoms with Crippen molar-refractivity contribution >= 4 is 17.7 Å². The summed E-state index contributed by atoms with van der Waals surface area (Å²) in [6, 6.07) is 3.21. The number of nitrogen functional groups attached to an aromatic ring is 1. The highest BCUT2D eigenvalue weighted by molar-refractivity contribution is 5.93. The maximum absolute atomic E-state index is 13.0. The molecule has 2 aromatic heterocycles. The summed E-state index contributed by atoms with van der Waals surface area (Å²) >= 11 is 0. The minimum Gasteiger partial charge on any atom is -0.496 e. The fourth-order valence-electron chi connectivity index (χ4n) is 4.66. The minimum atomic E-state index is -4.15. The topological polar surface area (TPSA) is 137 Å². The Morgan fingerprint density at radius 3 is 2.05 bits per heavy atom. The van der Waals surface area contributed by atoms with E-state index in [0.717, 1.165) is 32.3 Å². The van der Waals surface area contributed by atoms with Gasteiger partial charge in [-0.2, -0.15) is 13.2 Å². The molecular weight excluding hydrogens is 588 g/mol. The third kappa shape index (κ3) is 9.84. The van der Waals surface area contributed by atoms with E-state index < -0.39 is 23.7 Å². The number of carboxylic acid groups (broad SMARTS) is 1. The van der Waals surface area contributed by atoms with Crippen LogP contribution in [-0.4, -0.2) is 77.6 Å². The number of nitrogens with zero attached hydrogens (tertiary/aromatic N) is 3. The Kier molecular flexibility index (Phi) is 13.0. The van der Waals surface area contributed by atoms with Gasteiger partial charge in [-0.1, -0.05) is 13.8 Å². The molecule has 246 valence electrons. The highest BCUT2D eigenvalue weighted by atomic mass is 19.4. The summed E-state index contributed by atoms with van der Waals surface area (Å²) in [4.78, 5) is 32.8. The van der Waals surface area contributed by atoms with Crippen molar-refractivity contribution in [2.24, 2.45) is 11.8 Å². The molecule has 2 aliphatic rings. The van der Waals surface area contributed by atoms with Gasteiger partial charge in [-0.15, -0.1) is 0 Å². The molecule has 0 radical (unpaired) electrons. The molecule has 1 aliphatic carbocycles. The maximum atomic E-state index is 13.0. The Labute approximate surface area is 254 Å². The van der Waals surface area contributed by atoms with Gasteiger partial charge in [0.2, 0.25) is 5.67 Å². The van der Waals surface area contributed by atoms with E-state index in [2.05, 4.69) is 9.97 Å². The summed E-state index contributed by atoms with van der Waals surface area (Å²) in [5.41, 5.74) is 4.86. The molecule has 1 amide bonds. The van der Waals surface area contributed by atoms with E-state index in [9.17, 15) is 27.2 Å². The Morgan fingerprint density at radius 2 is 1.55 bits per heavy atom. The van der Waals surface area contributed by atoms with E-state index in [-0.39, 0.29) is 42.9 Å². The zero-order valence-electron chi connectivity index (χ0n) is 25.9. The molecule has 2 aromatic rings. The van der Waals surface area contributed by atoms with Gasteiger partial charge in [0, 0.05) is 37.0 Å². The summed E-state index contributed by atoms with van der Waals surface area (Å²) in [5.74, 6) is -1.15. The maximum Gasteiger partial charge on any atom is 0.391 e. The van der Waals surface area contributed by atoms with E-state index in [1.54, 1.807) is 24.3 Å². The van der Waals surface area contributed by atoms with Gasteiger partial charge in [-0.25, -0.2) is 19.2 Å². The van der Waals surface area contributed by atoms with Crippen LogP contribution >= 0.6 is 0 Å². The second-order valence-corrected chi connectivity index (χ2v) is 10.8. The zero-order chi connectivity index (χ0) is 33.2. The van der Waals surface area contributed by atoms with Crippen LogP contribution in [0.2, 0.25) is 0 Å². The van der Waals surface area contributed by atoms with E-state index in [4.69, 9.17) is 25.1 Å². The average molecular weight is 631 g/mol. The highest BCUT2D eigenvalue weighted by Crippen LogP contribution is 2.45. The molecule has 0 atom stereocenters. The molecule has 0 bridgehead atoms. The predicted molar refractivity (Wildman–Crippen MR) is 156 cm³/mol. The number of carbonyl (C=O) groups excluding carboxylic acids is 1. The Hall–Kier alpha value is -3.84. The molecule has 0 spiro atoms. The molecular formula is C30H42F4N4O6. The monoisotopic (exact) mass is 630 g/mol. The Morgan fingerprint density at radius 1 is 0.977 bits per heavy atom. The van der Waals surface area contributed by atoms with E-state index >= 15 is 0 Å². The lowest BCUT2D eigenvalue weighted by Crippen LogP contribution is -2.38. The van der Waals surface area contributed by atoms with Gasteiger partial charge in [0.1, 0.15) is 17.3 Å². The number of hydrogen-bond donors (Lipinski definition) is 2. The number of pyridine rings is 2. The van der Waals surface area contributed by atoms with Crippen molar-refractivity contribution in [3.63, 3.8) is 0 Å². The summed E-state index contributed by atoms with van der Waals surface area (Å²) in [6.07, 6.45) is 0.578. The summed E-state index contributed by atoms with van der Waals surface area (Å²) in [6.45, 7) is 7.22. The van der Waals surface area contributed by atoms with Crippen LogP contribution in [0.15, 0.2) is 24.5 Å². The van der Waals surface area contributed by atoms with Crippen molar-refractivity contribution in [3.05, 3.63) is 35.8 Å². The first-order chi connectivity index (χ1) is 20.6. The first kappa shape index (κ1) is 36.4. The number of likely N-dealkylation sites (tertiary alicyclic amines) is 1. The van der Waals surface area contributed by atoms with Gasteiger partial charge in [0.05, 0.1) is 32.9 Å². The van der Waals surface area contributed by atoms with E-state index in [1.807, 2.05) is 13.8 Å². The number of alkyl halides is 4. The molecule has 1 saturated heterocycles. The third-order valence-corrected chi connectivity index (χ3v) is 7.31. The van der Waals surface area contributed by atoms with Crippen molar-refractivity contribution in [2.45, 2.75) is 71.1 Å². The van der Waals surface area contributed by atoms with Gasteiger partial charge in [-0.05, 0) is 51.4 Å². The number of halogens is 4. The number of methoxy groups -OCH3 is 2. The number of hydrogen-bond acceptors (Lipinski definition) is 8. The van der Waals surface area contributed by atoms with Crippen LogP contribution in [0.3, 0.4) is 0 Å². The number of nitrogens with two attached hydrogens (primary N) is 1. The summed E-state index contributed by atoms with van der Waals surface area (Å²) in [7, 11) is 3.04. The molecule has 10 nitrogen and oxygen atoms in total. The smallest absolute Gasteiger partial charge is 0.391 e.